The Hall–Kier alpha value is -1.72. The lowest BCUT2D eigenvalue weighted by Crippen LogP contribution is -2.55. The van der Waals surface area contributed by atoms with E-state index in [0.717, 1.165) is 63.7 Å². The van der Waals surface area contributed by atoms with Gasteiger partial charge in [0.2, 0.25) is 5.91 Å². The largest absolute Gasteiger partial charge is 0.339 e. The molecule has 2 heterocycles. The van der Waals surface area contributed by atoms with Gasteiger partial charge in [0.25, 0.3) is 0 Å². The predicted octanol–water partition coefficient (Wildman–Crippen LogP) is 3.09. The van der Waals surface area contributed by atoms with Crippen LogP contribution in [0.5, 0.6) is 0 Å². The van der Waals surface area contributed by atoms with Crippen LogP contribution in [0, 0.1) is 0 Å². The summed E-state index contributed by atoms with van der Waals surface area (Å²) in [6.07, 6.45) is 8.39. The van der Waals surface area contributed by atoms with Crippen molar-refractivity contribution in [3.05, 3.63) is 35.9 Å². The third-order valence-electron chi connectivity index (χ3n) is 7.83. The summed E-state index contributed by atoms with van der Waals surface area (Å²) in [5, 5.41) is 0. The number of nitrogens with zero attached hydrogens (tertiary/aromatic N) is 3. The van der Waals surface area contributed by atoms with Gasteiger partial charge in [-0.05, 0) is 51.3 Å². The zero-order chi connectivity index (χ0) is 21.0. The first-order chi connectivity index (χ1) is 14.6. The topological polar surface area (TPSA) is 43.9 Å². The number of benzene rings is 1. The molecular formula is C25H37N3O2. The molecule has 0 radical (unpaired) electrons. The highest BCUT2D eigenvalue weighted by molar-refractivity contribution is 5.88. The number of rotatable bonds is 5. The molecule has 3 fully saturated rings. The van der Waals surface area contributed by atoms with Crippen LogP contribution in [0.25, 0.3) is 0 Å². The molecule has 164 valence electrons. The molecule has 1 aromatic rings. The minimum atomic E-state index is -0.383. The van der Waals surface area contributed by atoms with E-state index in [4.69, 9.17) is 0 Å². The first-order valence-electron chi connectivity index (χ1n) is 11.9. The number of hydrogen-bond donors (Lipinski definition) is 0. The Morgan fingerprint density at radius 1 is 0.900 bits per heavy atom. The fourth-order valence-electron chi connectivity index (χ4n) is 5.77. The third-order valence-corrected chi connectivity index (χ3v) is 7.83. The molecule has 4 rings (SSSR count). The second kappa shape index (κ2) is 9.61. The molecule has 3 aliphatic rings. The molecule has 5 heteroatoms. The molecule has 2 saturated heterocycles. The highest BCUT2D eigenvalue weighted by Gasteiger charge is 2.40. The van der Waals surface area contributed by atoms with Crippen LogP contribution in [0.1, 0.15) is 57.4 Å². The van der Waals surface area contributed by atoms with Crippen molar-refractivity contribution >= 4 is 11.7 Å². The molecule has 1 aliphatic carbocycles. The van der Waals surface area contributed by atoms with Gasteiger partial charge in [-0.15, -0.1) is 0 Å². The van der Waals surface area contributed by atoms with Crippen molar-refractivity contribution < 1.29 is 9.59 Å². The Bertz CT molecular complexity index is 713. The summed E-state index contributed by atoms with van der Waals surface area (Å²) < 4.78 is 0. The summed E-state index contributed by atoms with van der Waals surface area (Å²) in [6, 6.07) is 10.9. The Labute approximate surface area is 181 Å². The summed E-state index contributed by atoms with van der Waals surface area (Å²) >= 11 is 0. The maximum Gasteiger partial charge on any atom is 0.236 e. The molecule has 1 amide bonds. The highest BCUT2D eigenvalue weighted by atomic mass is 16.2. The van der Waals surface area contributed by atoms with E-state index >= 15 is 0 Å². The standard InChI is InChI=1S/C25H37N3O2/c1-21(29)25(22-8-4-2-5-9-22)12-14-26(15-13-25)20-24(30)28-18-16-27(17-19-28)23-10-6-3-7-11-23/h2,4-5,8-9,23H,3,6-7,10-20H2,1H3. The van der Waals surface area contributed by atoms with Crippen molar-refractivity contribution in [1.29, 1.82) is 0 Å². The lowest BCUT2D eigenvalue weighted by Gasteiger charge is -2.43. The van der Waals surface area contributed by atoms with Gasteiger partial charge in [-0.25, -0.2) is 0 Å². The molecule has 0 aromatic heterocycles. The van der Waals surface area contributed by atoms with Crippen molar-refractivity contribution in [2.24, 2.45) is 0 Å². The Morgan fingerprint density at radius 3 is 2.13 bits per heavy atom. The zero-order valence-corrected chi connectivity index (χ0v) is 18.5. The van der Waals surface area contributed by atoms with Gasteiger partial charge in [0.15, 0.2) is 0 Å². The van der Waals surface area contributed by atoms with E-state index in [0.29, 0.717) is 6.54 Å². The minimum absolute atomic E-state index is 0.249. The van der Waals surface area contributed by atoms with Crippen LogP contribution in [0.4, 0.5) is 0 Å². The van der Waals surface area contributed by atoms with Gasteiger partial charge in [0, 0.05) is 32.2 Å². The fraction of sp³-hybridized carbons (Fsp3) is 0.680. The lowest BCUT2D eigenvalue weighted by molar-refractivity contribution is -0.135. The first kappa shape index (κ1) is 21.5. The minimum Gasteiger partial charge on any atom is -0.339 e. The molecule has 1 aromatic carbocycles. The maximum atomic E-state index is 12.9. The van der Waals surface area contributed by atoms with Crippen LogP contribution >= 0.6 is 0 Å². The van der Waals surface area contributed by atoms with Gasteiger partial charge in [-0.1, -0.05) is 49.6 Å². The molecule has 0 bridgehead atoms. The Balaban J connectivity index is 1.27. The number of carbonyl (C=O) groups excluding carboxylic acids is 2. The van der Waals surface area contributed by atoms with Crippen molar-refractivity contribution in [3.63, 3.8) is 0 Å². The Morgan fingerprint density at radius 2 is 1.53 bits per heavy atom. The molecule has 2 aliphatic heterocycles. The van der Waals surface area contributed by atoms with E-state index in [-0.39, 0.29) is 17.1 Å². The van der Waals surface area contributed by atoms with E-state index in [1.54, 1.807) is 6.92 Å². The smallest absolute Gasteiger partial charge is 0.236 e. The van der Waals surface area contributed by atoms with Crippen LogP contribution in [0.3, 0.4) is 0 Å². The van der Waals surface area contributed by atoms with Gasteiger partial charge >= 0.3 is 0 Å². The van der Waals surface area contributed by atoms with Crippen LogP contribution in [-0.4, -0.2) is 78.2 Å². The zero-order valence-electron chi connectivity index (χ0n) is 18.5. The van der Waals surface area contributed by atoms with E-state index in [2.05, 4.69) is 26.8 Å². The number of piperazine rings is 1. The van der Waals surface area contributed by atoms with Crippen LogP contribution in [0.15, 0.2) is 30.3 Å². The van der Waals surface area contributed by atoms with Gasteiger partial charge in [-0.2, -0.15) is 0 Å². The monoisotopic (exact) mass is 411 g/mol. The average Bonchev–Trinajstić information content (AvgIpc) is 2.81. The molecule has 1 saturated carbocycles. The van der Waals surface area contributed by atoms with E-state index < -0.39 is 0 Å². The third kappa shape index (κ3) is 4.62. The van der Waals surface area contributed by atoms with Crippen LogP contribution in [-0.2, 0) is 15.0 Å². The number of hydrogen-bond acceptors (Lipinski definition) is 4. The molecule has 30 heavy (non-hydrogen) atoms. The van der Waals surface area contributed by atoms with Crippen LogP contribution < -0.4 is 0 Å². The summed E-state index contributed by atoms with van der Waals surface area (Å²) in [6.45, 7) is 7.61. The maximum absolute atomic E-state index is 12.9. The summed E-state index contributed by atoms with van der Waals surface area (Å²) in [5.41, 5.74) is 0.745. The summed E-state index contributed by atoms with van der Waals surface area (Å²) in [5.74, 6) is 0.506. The number of likely N-dealkylation sites (tertiary alicyclic amines) is 1. The van der Waals surface area contributed by atoms with Gasteiger partial charge in [0.05, 0.1) is 12.0 Å². The second-order valence-corrected chi connectivity index (χ2v) is 9.49. The Kier molecular flexibility index (Phi) is 6.89. The van der Waals surface area contributed by atoms with Gasteiger partial charge in [0.1, 0.15) is 5.78 Å². The molecule has 0 unspecified atom stereocenters. The molecule has 0 atom stereocenters. The lowest BCUT2D eigenvalue weighted by atomic mass is 9.70. The van der Waals surface area contributed by atoms with E-state index in [9.17, 15) is 9.59 Å². The van der Waals surface area contributed by atoms with Gasteiger partial charge < -0.3 is 4.90 Å². The summed E-state index contributed by atoms with van der Waals surface area (Å²) in [7, 11) is 0. The number of amides is 1. The average molecular weight is 412 g/mol. The van der Waals surface area contributed by atoms with Crippen molar-refractivity contribution in [2.45, 2.75) is 63.3 Å². The number of Topliss-reactive ketones (excluding diaryl/α,β-unsaturated/α-hetero) is 1. The highest BCUT2D eigenvalue weighted by Crippen LogP contribution is 2.36. The van der Waals surface area contributed by atoms with Crippen molar-refractivity contribution in [1.82, 2.24) is 14.7 Å². The second-order valence-electron chi connectivity index (χ2n) is 9.49. The van der Waals surface area contributed by atoms with Crippen molar-refractivity contribution in [3.8, 4) is 0 Å². The summed E-state index contributed by atoms with van der Waals surface area (Å²) in [4.78, 5) is 32.4. The normalized spacial score (nSPS) is 24.0. The fourth-order valence-corrected chi connectivity index (χ4v) is 5.77. The van der Waals surface area contributed by atoms with Crippen LogP contribution in [0.2, 0.25) is 0 Å². The number of piperidine rings is 1. The van der Waals surface area contributed by atoms with E-state index in [1.807, 2.05) is 18.2 Å². The predicted molar refractivity (Wildman–Crippen MR) is 120 cm³/mol. The van der Waals surface area contributed by atoms with Gasteiger partial charge in [-0.3, -0.25) is 19.4 Å². The SMILES string of the molecule is CC(=O)C1(c2ccccc2)CCN(CC(=O)N2CCN(C3CCCCC3)CC2)CC1. The molecule has 0 spiro atoms. The number of carbonyl (C=O) groups is 2. The molecular weight excluding hydrogens is 374 g/mol. The quantitative estimate of drug-likeness (QED) is 0.747. The molecule has 0 N–H and O–H groups in total. The first-order valence-corrected chi connectivity index (χ1v) is 11.9. The van der Waals surface area contributed by atoms with Crippen molar-refractivity contribution in [2.75, 3.05) is 45.8 Å². The molecule has 5 nitrogen and oxygen atoms in total. The van der Waals surface area contributed by atoms with E-state index in [1.165, 1.54) is 32.1 Å². The number of ketones is 1.